The average Bonchev–Trinajstić information content (AvgIpc) is 3.04. The molecule has 1 fully saturated rings. The fourth-order valence-electron chi connectivity index (χ4n) is 2.70. The first-order valence-corrected chi connectivity index (χ1v) is 8.21. The smallest absolute Gasteiger partial charge is 0.146 e. The van der Waals surface area contributed by atoms with E-state index in [1.165, 1.54) is 17.7 Å². The van der Waals surface area contributed by atoms with Gasteiger partial charge in [0.2, 0.25) is 0 Å². The van der Waals surface area contributed by atoms with Gasteiger partial charge in [-0.05, 0) is 24.3 Å². The highest BCUT2D eigenvalue weighted by molar-refractivity contribution is 7.99. The normalized spacial score (nSPS) is 19.2. The van der Waals surface area contributed by atoms with Crippen molar-refractivity contribution in [1.29, 1.82) is 0 Å². The van der Waals surface area contributed by atoms with E-state index in [2.05, 4.69) is 10.6 Å². The minimum Gasteiger partial charge on any atom is -0.494 e. The maximum atomic E-state index is 5.93. The maximum absolute atomic E-state index is 5.93. The van der Waals surface area contributed by atoms with Gasteiger partial charge in [-0.25, -0.2) is 4.98 Å². The van der Waals surface area contributed by atoms with Crippen molar-refractivity contribution in [3.8, 4) is 5.75 Å². The number of ether oxygens (including phenoxy) is 1. The number of benzene rings is 1. The Labute approximate surface area is 122 Å². The van der Waals surface area contributed by atoms with E-state index in [1.807, 2.05) is 23.9 Å². The molecule has 1 aliphatic rings. The molecule has 3 rings (SSSR count). The van der Waals surface area contributed by atoms with E-state index in [9.17, 15) is 0 Å². The third kappa shape index (κ3) is 2.32. The van der Waals surface area contributed by atoms with E-state index in [4.69, 9.17) is 21.3 Å². The molecule has 0 spiro atoms. The molecule has 102 valence electrons. The Kier molecular flexibility index (Phi) is 3.89. The van der Waals surface area contributed by atoms with Crippen molar-refractivity contribution in [2.24, 2.45) is 0 Å². The molecule has 1 unspecified atom stereocenters. The summed E-state index contributed by atoms with van der Waals surface area (Å²) in [5.74, 6) is 4.93. The number of hydrogen-bond acceptors (Lipinski definition) is 3. The molecule has 1 saturated heterocycles. The van der Waals surface area contributed by atoms with Crippen LogP contribution in [0.1, 0.15) is 18.3 Å². The average molecular weight is 297 g/mol. The van der Waals surface area contributed by atoms with Gasteiger partial charge in [0, 0.05) is 24.1 Å². The molecule has 1 aliphatic heterocycles. The fraction of sp³-hybridized carbons (Fsp3) is 0.500. The monoisotopic (exact) mass is 296 g/mol. The lowest BCUT2D eigenvalue weighted by molar-refractivity contribution is 0.419. The van der Waals surface area contributed by atoms with Gasteiger partial charge < -0.3 is 9.30 Å². The van der Waals surface area contributed by atoms with Gasteiger partial charge >= 0.3 is 0 Å². The van der Waals surface area contributed by atoms with Gasteiger partial charge in [0.15, 0.2) is 0 Å². The van der Waals surface area contributed by atoms with Gasteiger partial charge in [-0.3, -0.25) is 0 Å². The van der Waals surface area contributed by atoms with Crippen LogP contribution in [0.3, 0.4) is 0 Å². The highest BCUT2D eigenvalue weighted by atomic mass is 35.5. The largest absolute Gasteiger partial charge is 0.494 e. The summed E-state index contributed by atoms with van der Waals surface area (Å²) in [7, 11) is 1.69. The molecular formula is C14H17ClN2OS. The second kappa shape index (κ2) is 5.63. The van der Waals surface area contributed by atoms with Crippen LogP contribution in [0.2, 0.25) is 0 Å². The second-order valence-electron chi connectivity index (χ2n) is 4.68. The van der Waals surface area contributed by atoms with Crippen LogP contribution in [-0.4, -0.2) is 34.0 Å². The summed E-state index contributed by atoms with van der Waals surface area (Å²) in [6.07, 6.45) is 2.02. The molecule has 19 heavy (non-hydrogen) atoms. The number of aromatic nitrogens is 2. The first-order chi connectivity index (χ1) is 9.35. The quantitative estimate of drug-likeness (QED) is 0.808. The molecule has 1 aromatic carbocycles. The summed E-state index contributed by atoms with van der Waals surface area (Å²) in [5, 5.41) is 0. The van der Waals surface area contributed by atoms with Gasteiger partial charge in [0.05, 0.1) is 12.6 Å². The number of imidazole rings is 1. The van der Waals surface area contributed by atoms with E-state index >= 15 is 0 Å². The number of para-hydroxylation sites is 1. The molecule has 1 aromatic heterocycles. The molecule has 0 amide bonds. The summed E-state index contributed by atoms with van der Waals surface area (Å²) in [5.41, 5.74) is 2.13. The summed E-state index contributed by atoms with van der Waals surface area (Å²) in [6.45, 7) is 0. The van der Waals surface area contributed by atoms with E-state index in [1.54, 1.807) is 7.11 Å². The Hall–Kier alpha value is -0.870. The number of aryl methyl sites for hydroxylation is 1. The molecular weight excluding hydrogens is 280 g/mol. The van der Waals surface area contributed by atoms with Crippen LogP contribution in [0.5, 0.6) is 5.75 Å². The van der Waals surface area contributed by atoms with Gasteiger partial charge in [-0.2, -0.15) is 11.8 Å². The number of thioether (sulfide) groups is 1. The van der Waals surface area contributed by atoms with Crippen molar-refractivity contribution in [3.63, 3.8) is 0 Å². The SMILES string of the molecule is COc1cccc2c1nc(CCCl)n2C1CCSC1. The van der Waals surface area contributed by atoms with Crippen LogP contribution in [0.25, 0.3) is 11.0 Å². The predicted molar refractivity (Wildman–Crippen MR) is 81.7 cm³/mol. The van der Waals surface area contributed by atoms with Crippen LogP contribution in [0.4, 0.5) is 0 Å². The van der Waals surface area contributed by atoms with Gasteiger partial charge in [0.1, 0.15) is 17.1 Å². The molecule has 0 N–H and O–H groups in total. The summed E-state index contributed by atoms with van der Waals surface area (Å²) in [6, 6.07) is 6.67. The first kappa shape index (κ1) is 13.1. The zero-order valence-electron chi connectivity index (χ0n) is 10.9. The molecule has 0 bridgehead atoms. The lowest BCUT2D eigenvalue weighted by Gasteiger charge is -2.15. The number of nitrogens with zero attached hydrogens (tertiary/aromatic N) is 2. The number of rotatable bonds is 4. The van der Waals surface area contributed by atoms with Crippen molar-refractivity contribution in [2.75, 3.05) is 24.5 Å². The number of methoxy groups -OCH3 is 1. The highest BCUT2D eigenvalue weighted by Crippen LogP contribution is 2.34. The maximum Gasteiger partial charge on any atom is 0.146 e. The van der Waals surface area contributed by atoms with Crippen molar-refractivity contribution < 1.29 is 4.74 Å². The molecule has 0 saturated carbocycles. The van der Waals surface area contributed by atoms with Crippen LogP contribution < -0.4 is 4.74 Å². The predicted octanol–water partition coefficient (Wildman–Crippen LogP) is 3.50. The number of fused-ring (bicyclic) bond motifs is 1. The molecule has 5 heteroatoms. The lowest BCUT2D eigenvalue weighted by Crippen LogP contribution is -2.12. The Balaban J connectivity index is 2.17. The summed E-state index contributed by atoms with van der Waals surface area (Å²) < 4.78 is 7.80. The van der Waals surface area contributed by atoms with E-state index < -0.39 is 0 Å². The van der Waals surface area contributed by atoms with Crippen LogP contribution >= 0.6 is 23.4 Å². The van der Waals surface area contributed by atoms with E-state index in [-0.39, 0.29) is 0 Å². The summed E-state index contributed by atoms with van der Waals surface area (Å²) in [4.78, 5) is 4.76. The van der Waals surface area contributed by atoms with Crippen molar-refractivity contribution in [2.45, 2.75) is 18.9 Å². The van der Waals surface area contributed by atoms with Crippen molar-refractivity contribution in [3.05, 3.63) is 24.0 Å². The molecule has 3 nitrogen and oxygen atoms in total. The number of alkyl halides is 1. The molecule has 2 heterocycles. The first-order valence-electron chi connectivity index (χ1n) is 6.52. The fourth-order valence-corrected chi connectivity index (χ4v) is 4.06. The van der Waals surface area contributed by atoms with E-state index in [0.717, 1.165) is 29.3 Å². The van der Waals surface area contributed by atoms with Crippen LogP contribution in [0.15, 0.2) is 18.2 Å². The van der Waals surface area contributed by atoms with Crippen molar-refractivity contribution >= 4 is 34.4 Å². The van der Waals surface area contributed by atoms with Crippen LogP contribution in [0, 0.1) is 0 Å². The number of hydrogen-bond donors (Lipinski definition) is 0. The molecule has 0 aliphatic carbocycles. The second-order valence-corrected chi connectivity index (χ2v) is 6.21. The van der Waals surface area contributed by atoms with Gasteiger partial charge in [-0.15, -0.1) is 11.6 Å². The number of halogens is 1. The highest BCUT2D eigenvalue weighted by Gasteiger charge is 2.23. The Morgan fingerprint density at radius 3 is 3.11 bits per heavy atom. The van der Waals surface area contributed by atoms with Gasteiger partial charge in [0.25, 0.3) is 0 Å². The lowest BCUT2D eigenvalue weighted by atomic mass is 10.2. The molecule has 2 aromatic rings. The van der Waals surface area contributed by atoms with Crippen molar-refractivity contribution in [1.82, 2.24) is 9.55 Å². The zero-order valence-corrected chi connectivity index (χ0v) is 12.5. The topological polar surface area (TPSA) is 27.1 Å². The van der Waals surface area contributed by atoms with Gasteiger partial charge in [-0.1, -0.05) is 6.07 Å². The Bertz CT molecular complexity index is 578. The Morgan fingerprint density at radius 1 is 1.53 bits per heavy atom. The summed E-state index contributed by atoms with van der Waals surface area (Å²) >= 11 is 7.94. The standard InChI is InChI=1S/C14H17ClN2OS/c1-18-12-4-2-3-11-14(12)16-13(5-7-15)17(11)10-6-8-19-9-10/h2-4,10H,5-9H2,1H3. The van der Waals surface area contributed by atoms with E-state index in [0.29, 0.717) is 11.9 Å². The third-order valence-corrected chi connectivity index (χ3v) is 4.90. The Morgan fingerprint density at radius 2 is 2.42 bits per heavy atom. The molecule has 0 radical (unpaired) electrons. The van der Waals surface area contributed by atoms with Crippen LogP contribution in [-0.2, 0) is 6.42 Å². The third-order valence-electron chi connectivity index (χ3n) is 3.56. The minimum atomic E-state index is 0.542. The minimum absolute atomic E-state index is 0.542. The zero-order chi connectivity index (χ0) is 13.2. The molecule has 1 atom stereocenters.